The van der Waals surface area contributed by atoms with Gasteiger partial charge in [-0.25, -0.2) is 9.18 Å². The molecule has 1 aromatic heterocycles. The monoisotopic (exact) mass is 275 g/mol. The average molecular weight is 275 g/mol. The zero-order valence-corrected chi connectivity index (χ0v) is 10.7. The molecule has 1 aliphatic rings. The first-order valence-corrected chi connectivity index (χ1v) is 6.44. The van der Waals surface area contributed by atoms with E-state index < -0.39 is 5.82 Å². The van der Waals surface area contributed by atoms with Crippen molar-refractivity contribution in [2.75, 3.05) is 5.32 Å². The number of aromatic nitrogens is 3. The van der Waals surface area contributed by atoms with E-state index in [-0.39, 0.29) is 17.8 Å². The first-order valence-electron chi connectivity index (χ1n) is 6.44. The van der Waals surface area contributed by atoms with E-state index in [1.807, 2.05) is 0 Å². The van der Waals surface area contributed by atoms with E-state index in [0.29, 0.717) is 5.69 Å². The molecule has 2 amide bonds. The Morgan fingerprint density at radius 2 is 2.05 bits per heavy atom. The third-order valence-corrected chi connectivity index (χ3v) is 3.36. The summed E-state index contributed by atoms with van der Waals surface area (Å²) in [4.78, 5) is 11.7. The highest BCUT2D eigenvalue weighted by Crippen LogP contribution is 2.20. The molecule has 1 heterocycles. The van der Waals surface area contributed by atoms with Gasteiger partial charge < -0.3 is 10.6 Å². The molecule has 0 bridgehead atoms. The van der Waals surface area contributed by atoms with Crippen LogP contribution in [-0.4, -0.2) is 26.8 Å². The summed E-state index contributed by atoms with van der Waals surface area (Å²) in [6, 6.07) is 4.26. The van der Waals surface area contributed by atoms with Crippen LogP contribution in [0.3, 0.4) is 0 Å². The molecular weight excluding hydrogens is 261 g/mol. The van der Waals surface area contributed by atoms with Gasteiger partial charge in [0.25, 0.3) is 0 Å². The van der Waals surface area contributed by atoms with Crippen molar-refractivity contribution in [1.29, 1.82) is 0 Å². The van der Waals surface area contributed by atoms with Crippen LogP contribution in [0.25, 0.3) is 5.69 Å². The summed E-state index contributed by atoms with van der Waals surface area (Å²) in [5.74, 6) is -0.481. The van der Waals surface area contributed by atoms with Gasteiger partial charge in [0.1, 0.15) is 18.5 Å². The van der Waals surface area contributed by atoms with Crippen LogP contribution in [0.15, 0.2) is 30.9 Å². The third kappa shape index (κ3) is 2.61. The van der Waals surface area contributed by atoms with Gasteiger partial charge in [-0.3, -0.25) is 4.57 Å². The van der Waals surface area contributed by atoms with Crippen molar-refractivity contribution < 1.29 is 9.18 Å². The minimum absolute atomic E-state index is 0.132. The van der Waals surface area contributed by atoms with Crippen LogP contribution in [0.4, 0.5) is 14.9 Å². The largest absolute Gasteiger partial charge is 0.335 e. The Balaban J connectivity index is 1.74. The topological polar surface area (TPSA) is 71.8 Å². The van der Waals surface area contributed by atoms with Crippen molar-refractivity contribution >= 4 is 11.7 Å². The molecule has 0 saturated heterocycles. The van der Waals surface area contributed by atoms with Gasteiger partial charge in [-0.1, -0.05) is 0 Å². The molecule has 6 nitrogen and oxygen atoms in total. The summed E-state index contributed by atoms with van der Waals surface area (Å²) in [5.41, 5.74) is 0.809. The zero-order chi connectivity index (χ0) is 13.9. The van der Waals surface area contributed by atoms with Crippen molar-refractivity contribution in [2.24, 2.45) is 0 Å². The van der Waals surface area contributed by atoms with E-state index in [9.17, 15) is 9.18 Å². The van der Waals surface area contributed by atoms with Gasteiger partial charge in [0.05, 0.1) is 11.4 Å². The van der Waals surface area contributed by atoms with Crippen LogP contribution in [0, 0.1) is 5.82 Å². The second-order valence-electron chi connectivity index (χ2n) is 4.76. The fourth-order valence-electron chi connectivity index (χ4n) is 2.00. The number of carbonyl (C=O) groups is 1. The summed E-state index contributed by atoms with van der Waals surface area (Å²) in [6.07, 6.45) is 6.10. The third-order valence-electron chi connectivity index (χ3n) is 3.36. The molecule has 20 heavy (non-hydrogen) atoms. The van der Waals surface area contributed by atoms with Crippen molar-refractivity contribution in [3.8, 4) is 5.69 Å². The summed E-state index contributed by atoms with van der Waals surface area (Å²) >= 11 is 0. The van der Waals surface area contributed by atoms with Crippen LogP contribution in [0.2, 0.25) is 0 Å². The van der Waals surface area contributed by atoms with Crippen LogP contribution < -0.4 is 10.6 Å². The quantitative estimate of drug-likeness (QED) is 0.900. The maximum atomic E-state index is 13.7. The smallest absolute Gasteiger partial charge is 0.319 e. The van der Waals surface area contributed by atoms with Crippen LogP contribution in [-0.2, 0) is 0 Å². The molecule has 0 atom stereocenters. The Bertz CT molecular complexity index is 609. The lowest BCUT2D eigenvalue weighted by molar-refractivity contribution is 0.240. The molecule has 0 radical (unpaired) electrons. The van der Waals surface area contributed by atoms with Gasteiger partial charge >= 0.3 is 6.03 Å². The summed E-state index contributed by atoms with van der Waals surface area (Å²) in [7, 11) is 0. The number of nitrogens with one attached hydrogen (secondary N) is 2. The number of benzene rings is 1. The fraction of sp³-hybridized carbons (Fsp3) is 0.308. The SMILES string of the molecule is O=C(Nc1cc(-n2cnnc2)ccc1F)NC1CCC1. The highest BCUT2D eigenvalue weighted by atomic mass is 19.1. The normalized spacial score (nSPS) is 14.7. The highest BCUT2D eigenvalue weighted by Gasteiger charge is 2.19. The van der Waals surface area contributed by atoms with E-state index in [2.05, 4.69) is 20.8 Å². The Hall–Kier alpha value is -2.44. The maximum absolute atomic E-state index is 13.7. The molecule has 7 heteroatoms. The molecule has 104 valence electrons. The first kappa shape index (κ1) is 12.6. The molecule has 3 rings (SSSR count). The number of hydrogen-bond acceptors (Lipinski definition) is 3. The molecule has 1 aliphatic carbocycles. The van der Waals surface area contributed by atoms with E-state index in [4.69, 9.17) is 0 Å². The van der Waals surface area contributed by atoms with Gasteiger partial charge in [-0.15, -0.1) is 10.2 Å². The van der Waals surface area contributed by atoms with Crippen molar-refractivity contribution in [3.05, 3.63) is 36.7 Å². The molecule has 2 N–H and O–H groups in total. The lowest BCUT2D eigenvalue weighted by Crippen LogP contribution is -2.42. The molecule has 1 fully saturated rings. The Kier molecular flexibility index (Phi) is 3.32. The van der Waals surface area contributed by atoms with E-state index >= 15 is 0 Å². The number of carbonyl (C=O) groups excluding carboxylic acids is 1. The molecule has 1 saturated carbocycles. The molecular formula is C13H14FN5O. The van der Waals surface area contributed by atoms with Crippen molar-refractivity contribution in [1.82, 2.24) is 20.1 Å². The van der Waals surface area contributed by atoms with Gasteiger partial charge in [0.15, 0.2) is 0 Å². The van der Waals surface area contributed by atoms with Gasteiger partial charge in [0, 0.05) is 6.04 Å². The zero-order valence-electron chi connectivity index (χ0n) is 10.7. The highest BCUT2D eigenvalue weighted by molar-refractivity contribution is 5.90. The number of nitrogens with zero attached hydrogens (tertiary/aromatic N) is 3. The van der Waals surface area contributed by atoms with Gasteiger partial charge in [-0.05, 0) is 37.5 Å². The van der Waals surface area contributed by atoms with Crippen molar-refractivity contribution in [3.63, 3.8) is 0 Å². The minimum Gasteiger partial charge on any atom is -0.335 e. The predicted octanol–water partition coefficient (Wildman–Crippen LogP) is 2.08. The maximum Gasteiger partial charge on any atom is 0.319 e. The molecule has 0 spiro atoms. The van der Waals surface area contributed by atoms with Crippen LogP contribution in [0.5, 0.6) is 0 Å². The summed E-state index contributed by atoms with van der Waals surface area (Å²) in [6.45, 7) is 0. The molecule has 0 aliphatic heterocycles. The molecule has 0 unspecified atom stereocenters. The Morgan fingerprint density at radius 1 is 1.30 bits per heavy atom. The lowest BCUT2D eigenvalue weighted by Gasteiger charge is -2.26. The van der Waals surface area contributed by atoms with Crippen molar-refractivity contribution in [2.45, 2.75) is 25.3 Å². The van der Waals surface area contributed by atoms with Gasteiger partial charge in [-0.2, -0.15) is 0 Å². The van der Waals surface area contributed by atoms with E-state index in [1.165, 1.54) is 18.7 Å². The fourth-order valence-corrected chi connectivity index (χ4v) is 2.00. The Morgan fingerprint density at radius 3 is 2.70 bits per heavy atom. The minimum atomic E-state index is -0.481. The summed E-state index contributed by atoms with van der Waals surface area (Å²) in [5, 5.41) is 12.7. The summed E-state index contributed by atoms with van der Waals surface area (Å²) < 4.78 is 15.4. The average Bonchev–Trinajstić information content (AvgIpc) is 2.90. The number of amides is 2. The molecule has 1 aromatic carbocycles. The van der Waals surface area contributed by atoms with E-state index in [0.717, 1.165) is 19.3 Å². The van der Waals surface area contributed by atoms with E-state index in [1.54, 1.807) is 16.7 Å². The standard InChI is InChI=1S/C13H14FN5O/c14-11-5-4-10(19-7-15-16-8-19)6-12(11)18-13(20)17-9-2-1-3-9/h4-9H,1-3H2,(H2,17,18,20). The first-order chi connectivity index (χ1) is 9.72. The number of urea groups is 1. The number of rotatable bonds is 3. The van der Waals surface area contributed by atoms with Gasteiger partial charge in [0.2, 0.25) is 0 Å². The second kappa shape index (κ2) is 5.28. The number of hydrogen-bond donors (Lipinski definition) is 2. The number of halogens is 1. The molecule has 2 aromatic rings. The predicted molar refractivity (Wildman–Crippen MR) is 71.1 cm³/mol. The number of anilines is 1. The second-order valence-corrected chi connectivity index (χ2v) is 4.76. The van der Waals surface area contributed by atoms with Crippen LogP contribution >= 0.6 is 0 Å². The Labute approximate surface area is 115 Å². The lowest BCUT2D eigenvalue weighted by atomic mass is 9.93. The van der Waals surface area contributed by atoms with Crippen LogP contribution in [0.1, 0.15) is 19.3 Å².